The Balaban J connectivity index is 2.01. The smallest absolute Gasteiger partial charge is 0.207 e. The van der Waals surface area contributed by atoms with E-state index in [9.17, 15) is 8.42 Å². The van der Waals surface area contributed by atoms with Crippen LogP contribution in [0.3, 0.4) is 0 Å². The first-order valence-corrected chi connectivity index (χ1v) is 8.73. The van der Waals surface area contributed by atoms with Crippen LogP contribution >= 0.6 is 0 Å². The summed E-state index contributed by atoms with van der Waals surface area (Å²) in [7, 11) is -3.44. The topological polar surface area (TPSA) is 37.4 Å². The zero-order valence-corrected chi connectivity index (χ0v) is 12.9. The summed E-state index contributed by atoms with van der Waals surface area (Å²) in [6.07, 6.45) is 1.81. The molecule has 0 heterocycles. The standard InChI is InChI=1S/C17H19NO2S/c1-2-18(21(19,20)15-9-4-3-5-10-15)17-13-12-14-8-6-7-11-16(14)17/h3-11,17H,2,12-13H2,1H3/t17-/m0/s1. The number of nitrogens with zero attached hydrogens (tertiary/aromatic N) is 1. The van der Waals surface area contributed by atoms with Crippen molar-refractivity contribution in [2.24, 2.45) is 0 Å². The van der Waals surface area contributed by atoms with Gasteiger partial charge in [-0.05, 0) is 36.1 Å². The van der Waals surface area contributed by atoms with E-state index in [1.165, 1.54) is 5.56 Å². The molecule has 2 aromatic carbocycles. The summed E-state index contributed by atoms with van der Waals surface area (Å²) in [5.74, 6) is 0. The van der Waals surface area contributed by atoms with Crippen molar-refractivity contribution in [3.05, 3.63) is 65.7 Å². The molecule has 21 heavy (non-hydrogen) atoms. The monoisotopic (exact) mass is 301 g/mol. The predicted molar refractivity (Wildman–Crippen MR) is 83.5 cm³/mol. The van der Waals surface area contributed by atoms with Gasteiger partial charge in [0.1, 0.15) is 0 Å². The average molecular weight is 301 g/mol. The van der Waals surface area contributed by atoms with Gasteiger partial charge in [-0.2, -0.15) is 4.31 Å². The first-order chi connectivity index (χ1) is 10.1. The Hall–Kier alpha value is -1.65. The minimum absolute atomic E-state index is 0.0450. The van der Waals surface area contributed by atoms with Crippen LogP contribution in [0.15, 0.2) is 59.5 Å². The van der Waals surface area contributed by atoms with E-state index in [0.29, 0.717) is 11.4 Å². The highest BCUT2D eigenvalue weighted by atomic mass is 32.2. The molecule has 0 spiro atoms. The number of aryl methyl sites for hydroxylation is 1. The first kappa shape index (κ1) is 14.3. The predicted octanol–water partition coefficient (Wildman–Crippen LogP) is 3.38. The van der Waals surface area contributed by atoms with Crippen molar-refractivity contribution in [3.63, 3.8) is 0 Å². The molecule has 0 fully saturated rings. The van der Waals surface area contributed by atoms with Crippen molar-refractivity contribution in [1.82, 2.24) is 4.31 Å². The maximum atomic E-state index is 12.9. The molecule has 0 saturated heterocycles. The summed E-state index contributed by atoms with van der Waals surface area (Å²) in [5, 5.41) is 0. The summed E-state index contributed by atoms with van der Waals surface area (Å²) >= 11 is 0. The van der Waals surface area contributed by atoms with Crippen LogP contribution < -0.4 is 0 Å². The van der Waals surface area contributed by atoms with Crippen molar-refractivity contribution in [3.8, 4) is 0 Å². The molecule has 1 atom stereocenters. The van der Waals surface area contributed by atoms with Crippen molar-refractivity contribution in [2.45, 2.75) is 30.7 Å². The van der Waals surface area contributed by atoms with Crippen LogP contribution in [0.2, 0.25) is 0 Å². The minimum atomic E-state index is -3.44. The van der Waals surface area contributed by atoms with Gasteiger partial charge in [-0.3, -0.25) is 0 Å². The average Bonchev–Trinajstić information content (AvgIpc) is 2.93. The number of fused-ring (bicyclic) bond motifs is 1. The van der Waals surface area contributed by atoms with Gasteiger partial charge in [0.15, 0.2) is 0 Å². The van der Waals surface area contributed by atoms with Crippen LogP contribution in [0, 0.1) is 0 Å². The second kappa shape index (κ2) is 5.62. The Morgan fingerprint density at radius 3 is 2.43 bits per heavy atom. The van der Waals surface area contributed by atoms with Gasteiger partial charge in [-0.15, -0.1) is 0 Å². The van der Waals surface area contributed by atoms with E-state index in [1.54, 1.807) is 28.6 Å². The molecule has 0 N–H and O–H groups in total. The van der Waals surface area contributed by atoms with E-state index >= 15 is 0 Å². The van der Waals surface area contributed by atoms with Crippen molar-refractivity contribution >= 4 is 10.0 Å². The first-order valence-electron chi connectivity index (χ1n) is 7.29. The fourth-order valence-corrected chi connectivity index (χ4v) is 4.79. The molecule has 1 aliphatic rings. The van der Waals surface area contributed by atoms with Gasteiger partial charge in [0.25, 0.3) is 0 Å². The lowest BCUT2D eigenvalue weighted by atomic mass is 10.1. The van der Waals surface area contributed by atoms with Gasteiger partial charge >= 0.3 is 0 Å². The molecule has 2 aromatic rings. The maximum Gasteiger partial charge on any atom is 0.243 e. The van der Waals surface area contributed by atoms with E-state index in [-0.39, 0.29) is 6.04 Å². The highest BCUT2D eigenvalue weighted by Crippen LogP contribution is 2.38. The second-order valence-electron chi connectivity index (χ2n) is 5.27. The second-order valence-corrected chi connectivity index (χ2v) is 7.17. The van der Waals surface area contributed by atoms with Crippen molar-refractivity contribution in [1.29, 1.82) is 0 Å². The fraction of sp³-hybridized carbons (Fsp3) is 0.294. The van der Waals surface area contributed by atoms with Gasteiger partial charge in [-0.1, -0.05) is 49.4 Å². The highest BCUT2D eigenvalue weighted by Gasteiger charge is 2.34. The molecule has 0 aromatic heterocycles. The van der Waals surface area contributed by atoms with Crippen LogP contribution in [0.5, 0.6) is 0 Å². The van der Waals surface area contributed by atoms with E-state index in [4.69, 9.17) is 0 Å². The molecular formula is C17H19NO2S. The maximum absolute atomic E-state index is 12.9. The lowest BCUT2D eigenvalue weighted by Crippen LogP contribution is -2.33. The van der Waals surface area contributed by atoms with Gasteiger partial charge in [-0.25, -0.2) is 8.42 Å². The van der Waals surface area contributed by atoms with Gasteiger partial charge in [0, 0.05) is 6.54 Å². The van der Waals surface area contributed by atoms with Crippen molar-refractivity contribution in [2.75, 3.05) is 6.54 Å². The SMILES string of the molecule is CCN([C@H]1CCc2ccccc21)S(=O)(=O)c1ccccc1. The van der Waals surface area contributed by atoms with E-state index in [0.717, 1.165) is 18.4 Å². The molecule has 3 rings (SSSR count). The van der Waals surface area contributed by atoms with Crippen LogP contribution in [-0.4, -0.2) is 19.3 Å². The van der Waals surface area contributed by atoms with Crippen LogP contribution in [-0.2, 0) is 16.4 Å². The van der Waals surface area contributed by atoms with Crippen LogP contribution in [0.1, 0.15) is 30.5 Å². The molecule has 0 unspecified atom stereocenters. The Morgan fingerprint density at radius 1 is 1.05 bits per heavy atom. The molecule has 0 saturated carbocycles. The lowest BCUT2D eigenvalue weighted by molar-refractivity contribution is 0.336. The third-order valence-electron chi connectivity index (χ3n) is 4.11. The largest absolute Gasteiger partial charge is 0.243 e. The van der Waals surface area contributed by atoms with Crippen molar-refractivity contribution < 1.29 is 8.42 Å². The molecule has 0 bridgehead atoms. The number of rotatable bonds is 4. The molecule has 110 valence electrons. The third-order valence-corrected chi connectivity index (χ3v) is 6.11. The van der Waals surface area contributed by atoms with Gasteiger partial charge in [0.2, 0.25) is 10.0 Å². The highest BCUT2D eigenvalue weighted by molar-refractivity contribution is 7.89. The zero-order chi connectivity index (χ0) is 14.9. The molecule has 3 nitrogen and oxygen atoms in total. The van der Waals surface area contributed by atoms with E-state index < -0.39 is 10.0 Å². The Morgan fingerprint density at radius 2 is 1.71 bits per heavy atom. The molecule has 1 aliphatic carbocycles. The minimum Gasteiger partial charge on any atom is -0.207 e. The van der Waals surface area contributed by atoms with Gasteiger partial charge in [0.05, 0.1) is 10.9 Å². The van der Waals surface area contributed by atoms with E-state index in [2.05, 4.69) is 12.1 Å². The summed E-state index contributed by atoms with van der Waals surface area (Å²) in [6, 6.07) is 16.8. The number of hydrogen-bond acceptors (Lipinski definition) is 2. The summed E-state index contributed by atoms with van der Waals surface area (Å²) in [6.45, 7) is 2.39. The molecule has 4 heteroatoms. The number of benzene rings is 2. The molecule has 0 radical (unpaired) electrons. The summed E-state index contributed by atoms with van der Waals surface area (Å²) in [4.78, 5) is 0.372. The molecule has 0 amide bonds. The Labute approximate surface area is 126 Å². The van der Waals surface area contributed by atoms with E-state index in [1.807, 2.05) is 25.1 Å². The third kappa shape index (κ3) is 2.49. The zero-order valence-electron chi connectivity index (χ0n) is 12.1. The van der Waals surface area contributed by atoms with Crippen LogP contribution in [0.4, 0.5) is 0 Å². The lowest BCUT2D eigenvalue weighted by Gasteiger charge is -2.27. The quantitative estimate of drug-likeness (QED) is 0.868. The molecular weight excluding hydrogens is 282 g/mol. The Bertz CT molecular complexity index is 725. The van der Waals surface area contributed by atoms with Crippen LogP contribution in [0.25, 0.3) is 0 Å². The fourth-order valence-electron chi connectivity index (χ4n) is 3.12. The molecule has 0 aliphatic heterocycles. The number of hydrogen-bond donors (Lipinski definition) is 0. The van der Waals surface area contributed by atoms with Gasteiger partial charge < -0.3 is 0 Å². The summed E-state index contributed by atoms with van der Waals surface area (Å²) in [5.41, 5.74) is 2.42. The number of sulfonamides is 1. The summed E-state index contributed by atoms with van der Waals surface area (Å²) < 4.78 is 27.4. The Kier molecular flexibility index (Phi) is 3.83. The normalized spacial score (nSPS) is 17.9.